The topological polar surface area (TPSA) is 77.8 Å². The van der Waals surface area contributed by atoms with E-state index in [1.807, 2.05) is 4.90 Å². The molecule has 1 aromatic heterocycles. The summed E-state index contributed by atoms with van der Waals surface area (Å²) in [6.07, 6.45) is -2.82. The largest absolute Gasteiger partial charge is 0.493 e. The number of benzene rings is 2. The third-order valence-corrected chi connectivity index (χ3v) is 7.24. The number of halogens is 4. The fraction of sp³-hybridized carbons (Fsp3) is 0.318. The molecular weight excluding hydrogens is 480 g/mol. The zero-order valence-corrected chi connectivity index (χ0v) is 18.7. The van der Waals surface area contributed by atoms with E-state index >= 15 is 4.39 Å². The normalized spacial score (nSPS) is 15.1. The zero-order valence-electron chi connectivity index (χ0n) is 17.9. The van der Waals surface area contributed by atoms with Crippen molar-refractivity contribution in [1.29, 1.82) is 0 Å². The van der Waals surface area contributed by atoms with Crippen molar-refractivity contribution in [2.45, 2.75) is 30.5 Å². The average Bonchev–Trinajstić information content (AvgIpc) is 3.42. The van der Waals surface area contributed by atoms with Gasteiger partial charge >= 0.3 is 12.1 Å². The van der Waals surface area contributed by atoms with Crippen LogP contribution in [0.15, 0.2) is 47.5 Å². The monoisotopic (exact) mass is 500 g/mol. The van der Waals surface area contributed by atoms with Crippen molar-refractivity contribution < 1.29 is 40.2 Å². The van der Waals surface area contributed by atoms with Crippen molar-refractivity contribution in [2.75, 3.05) is 20.2 Å². The lowest BCUT2D eigenvalue weighted by atomic mass is 10.1. The first-order valence-corrected chi connectivity index (χ1v) is 11.7. The minimum absolute atomic E-state index is 0.0589. The molecule has 0 radical (unpaired) electrons. The van der Waals surface area contributed by atoms with Crippen LogP contribution in [0.5, 0.6) is 11.5 Å². The SMILES string of the molecule is COc1c(F)cc2c(c(OC(=O)C(F)(F)F)cn2S(=O)(=O)c2ccccc2)c1CN1CCCC1. The molecule has 2 aromatic carbocycles. The predicted molar refractivity (Wildman–Crippen MR) is 114 cm³/mol. The molecule has 1 fully saturated rings. The number of likely N-dealkylation sites (tertiary alicyclic amines) is 1. The number of ether oxygens (including phenoxy) is 2. The van der Waals surface area contributed by atoms with Gasteiger partial charge in [0.25, 0.3) is 10.0 Å². The summed E-state index contributed by atoms with van der Waals surface area (Å²) in [5.74, 6) is -4.36. The van der Waals surface area contributed by atoms with E-state index in [0.29, 0.717) is 17.1 Å². The van der Waals surface area contributed by atoms with E-state index in [1.54, 1.807) is 6.07 Å². The predicted octanol–water partition coefficient (Wildman–Crippen LogP) is 4.09. The first kappa shape index (κ1) is 24.0. The van der Waals surface area contributed by atoms with E-state index in [-0.39, 0.29) is 33.7 Å². The quantitative estimate of drug-likeness (QED) is 0.375. The molecule has 2 heterocycles. The maximum absolute atomic E-state index is 15.0. The van der Waals surface area contributed by atoms with Gasteiger partial charge in [0.15, 0.2) is 17.3 Å². The van der Waals surface area contributed by atoms with Crippen LogP contribution in [0.4, 0.5) is 17.6 Å². The second-order valence-corrected chi connectivity index (χ2v) is 9.56. The van der Waals surface area contributed by atoms with Crippen LogP contribution >= 0.6 is 0 Å². The van der Waals surface area contributed by atoms with Gasteiger partial charge in [0.1, 0.15) is 0 Å². The van der Waals surface area contributed by atoms with E-state index in [2.05, 4.69) is 4.74 Å². The highest BCUT2D eigenvalue weighted by Gasteiger charge is 2.42. The van der Waals surface area contributed by atoms with Gasteiger partial charge in [-0.15, -0.1) is 0 Å². The highest BCUT2D eigenvalue weighted by Crippen LogP contribution is 2.41. The number of hydrogen-bond acceptors (Lipinski definition) is 6. The van der Waals surface area contributed by atoms with Crippen LogP contribution in [0.2, 0.25) is 0 Å². The van der Waals surface area contributed by atoms with Crippen LogP contribution in [0.1, 0.15) is 18.4 Å². The number of methoxy groups -OCH3 is 1. The Balaban J connectivity index is 2.00. The summed E-state index contributed by atoms with van der Waals surface area (Å²) in [6, 6.07) is 7.92. The summed E-state index contributed by atoms with van der Waals surface area (Å²) >= 11 is 0. The maximum atomic E-state index is 15.0. The zero-order chi connectivity index (χ0) is 24.7. The van der Waals surface area contributed by atoms with Crippen molar-refractivity contribution in [3.8, 4) is 11.5 Å². The lowest BCUT2D eigenvalue weighted by Crippen LogP contribution is -2.28. The fourth-order valence-corrected chi connectivity index (χ4v) is 5.40. The molecule has 0 aliphatic carbocycles. The molecule has 0 saturated carbocycles. The molecule has 0 N–H and O–H groups in total. The highest BCUT2D eigenvalue weighted by molar-refractivity contribution is 7.90. The minimum atomic E-state index is -5.33. The standard InChI is InChI=1S/C22H20F4N2O5S/c1-32-20-15(12-27-9-5-6-10-27)19-17(11-16(20)23)28(13-18(19)33-21(29)22(24,25)26)34(30,31)14-7-3-2-4-8-14/h2-4,7-8,11,13H,5-6,9-10,12H2,1H3. The van der Waals surface area contributed by atoms with E-state index < -0.39 is 33.7 Å². The Bertz CT molecular complexity index is 1330. The number of fused-ring (bicyclic) bond motifs is 1. The number of carbonyl (C=O) groups is 1. The second kappa shape index (κ2) is 8.91. The summed E-state index contributed by atoms with van der Waals surface area (Å²) in [7, 11) is -3.18. The molecule has 0 amide bonds. The van der Waals surface area contributed by atoms with Gasteiger partial charge in [-0.2, -0.15) is 13.2 Å². The summed E-state index contributed by atoms with van der Waals surface area (Å²) in [5.41, 5.74) is -0.187. The van der Waals surface area contributed by atoms with Gasteiger partial charge in [0.05, 0.1) is 29.1 Å². The third kappa shape index (κ3) is 4.34. The maximum Gasteiger partial charge on any atom is 0.491 e. The van der Waals surface area contributed by atoms with Crippen LogP contribution in [-0.2, 0) is 21.4 Å². The molecule has 0 bridgehead atoms. The number of carbonyl (C=O) groups excluding carboxylic acids is 1. The van der Waals surface area contributed by atoms with Crippen molar-refractivity contribution in [3.63, 3.8) is 0 Å². The minimum Gasteiger partial charge on any atom is -0.493 e. The number of rotatable bonds is 6. The van der Waals surface area contributed by atoms with Gasteiger partial charge in [-0.05, 0) is 38.1 Å². The van der Waals surface area contributed by atoms with E-state index in [4.69, 9.17) is 4.74 Å². The second-order valence-electron chi connectivity index (χ2n) is 7.74. The Morgan fingerprint density at radius 3 is 2.35 bits per heavy atom. The smallest absolute Gasteiger partial charge is 0.491 e. The average molecular weight is 500 g/mol. The Kier molecular flexibility index (Phi) is 6.30. The number of nitrogens with zero attached hydrogens (tertiary/aromatic N) is 2. The molecule has 12 heteroatoms. The molecule has 0 unspecified atom stereocenters. The van der Waals surface area contributed by atoms with Crippen LogP contribution in [0.3, 0.4) is 0 Å². The Morgan fingerprint density at radius 1 is 1.12 bits per heavy atom. The van der Waals surface area contributed by atoms with Crippen LogP contribution in [-0.4, -0.2) is 49.6 Å². The van der Waals surface area contributed by atoms with E-state index in [0.717, 1.165) is 25.1 Å². The summed E-state index contributed by atoms with van der Waals surface area (Å²) in [4.78, 5) is 13.4. The summed E-state index contributed by atoms with van der Waals surface area (Å²) in [5, 5.41) is -0.151. The molecular formula is C22H20F4N2O5S. The molecule has 0 spiro atoms. The molecule has 182 valence electrons. The van der Waals surface area contributed by atoms with Crippen molar-refractivity contribution in [1.82, 2.24) is 8.87 Å². The first-order valence-electron chi connectivity index (χ1n) is 10.3. The van der Waals surface area contributed by atoms with Gasteiger partial charge in [-0.1, -0.05) is 18.2 Å². The summed E-state index contributed by atoms with van der Waals surface area (Å²) < 4.78 is 91.0. The van der Waals surface area contributed by atoms with Crippen LogP contribution in [0, 0.1) is 5.82 Å². The number of esters is 1. The van der Waals surface area contributed by atoms with Gasteiger partial charge in [-0.3, -0.25) is 4.90 Å². The molecule has 1 aliphatic heterocycles. The van der Waals surface area contributed by atoms with Gasteiger partial charge in [0.2, 0.25) is 0 Å². The molecule has 3 aromatic rings. The molecule has 4 rings (SSSR count). The van der Waals surface area contributed by atoms with Gasteiger partial charge < -0.3 is 9.47 Å². The first-order chi connectivity index (χ1) is 16.0. The lowest BCUT2D eigenvalue weighted by Gasteiger charge is -2.19. The van der Waals surface area contributed by atoms with E-state index in [1.165, 1.54) is 31.4 Å². The third-order valence-electron chi connectivity index (χ3n) is 5.55. The molecule has 34 heavy (non-hydrogen) atoms. The highest BCUT2D eigenvalue weighted by atomic mass is 32.2. The summed E-state index contributed by atoms with van der Waals surface area (Å²) in [6.45, 7) is 1.37. The Hall–Kier alpha value is -3.12. The number of aromatic nitrogens is 1. The van der Waals surface area contributed by atoms with E-state index in [9.17, 15) is 26.4 Å². The van der Waals surface area contributed by atoms with Gasteiger partial charge in [0, 0.05) is 18.2 Å². The van der Waals surface area contributed by atoms with Crippen molar-refractivity contribution in [3.05, 3.63) is 54.0 Å². The van der Waals surface area contributed by atoms with Gasteiger partial charge in [-0.25, -0.2) is 21.6 Å². The number of hydrogen-bond donors (Lipinski definition) is 0. The van der Waals surface area contributed by atoms with Crippen LogP contribution in [0.25, 0.3) is 10.9 Å². The van der Waals surface area contributed by atoms with Crippen molar-refractivity contribution in [2.24, 2.45) is 0 Å². The number of alkyl halides is 3. The van der Waals surface area contributed by atoms with Crippen LogP contribution < -0.4 is 9.47 Å². The molecule has 1 aliphatic rings. The molecule has 1 saturated heterocycles. The molecule has 7 nitrogen and oxygen atoms in total. The van der Waals surface area contributed by atoms with Crippen molar-refractivity contribution >= 4 is 26.9 Å². The lowest BCUT2D eigenvalue weighted by molar-refractivity contribution is -0.189. The molecule has 0 atom stereocenters. The Morgan fingerprint density at radius 2 is 1.76 bits per heavy atom. The Labute approximate surface area is 192 Å². The fourth-order valence-electron chi connectivity index (χ4n) is 4.04.